The normalized spacial score (nSPS) is 22.8. The lowest BCUT2D eigenvalue weighted by atomic mass is 9.84. The van der Waals surface area contributed by atoms with Crippen LogP contribution in [-0.4, -0.2) is 41.8 Å². The van der Waals surface area contributed by atoms with Crippen LogP contribution in [0.25, 0.3) is 0 Å². The number of ether oxygens (including phenoxy) is 2. The molecule has 1 aliphatic heterocycles. The molecule has 1 aliphatic rings. The van der Waals surface area contributed by atoms with Crippen molar-refractivity contribution in [2.45, 2.75) is 43.6 Å². The number of hydrogen-bond acceptors (Lipinski definition) is 5. The second-order valence-electron chi connectivity index (χ2n) is 7.46. The molecule has 1 fully saturated rings. The highest BCUT2D eigenvalue weighted by Crippen LogP contribution is 2.53. The number of rotatable bonds is 6. The minimum absolute atomic E-state index is 0.0319. The predicted molar refractivity (Wildman–Crippen MR) is 106 cm³/mol. The Morgan fingerprint density at radius 1 is 1.30 bits per heavy atom. The SMILES string of the molecule is CC[C@]1(C(F)(F)F)C[C@H](c2ccc(F)c(F)c2OC)[C@@H](C(=O)Nc2ccnc(C(N)=O)c2)O1. The molecule has 2 amide bonds. The quantitative estimate of drug-likeness (QED) is 0.623. The van der Waals surface area contributed by atoms with Crippen LogP contribution in [0.4, 0.5) is 27.6 Å². The summed E-state index contributed by atoms with van der Waals surface area (Å²) in [5, 5.41) is 2.37. The molecule has 0 spiro atoms. The highest BCUT2D eigenvalue weighted by Gasteiger charge is 2.63. The molecule has 3 rings (SSSR count). The largest absolute Gasteiger partial charge is 0.493 e. The van der Waals surface area contributed by atoms with Gasteiger partial charge in [-0.25, -0.2) is 4.39 Å². The van der Waals surface area contributed by atoms with Crippen LogP contribution in [0.2, 0.25) is 0 Å². The highest BCUT2D eigenvalue weighted by molar-refractivity contribution is 5.97. The van der Waals surface area contributed by atoms with Crippen molar-refractivity contribution in [1.82, 2.24) is 4.98 Å². The zero-order valence-electron chi connectivity index (χ0n) is 17.5. The minimum atomic E-state index is -4.85. The van der Waals surface area contributed by atoms with Crippen molar-refractivity contribution < 1.29 is 41.0 Å². The number of carbonyl (C=O) groups excluding carboxylic acids is 2. The van der Waals surface area contributed by atoms with E-state index in [2.05, 4.69) is 10.3 Å². The maximum absolute atomic E-state index is 14.3. The van der Waals surface area contributed by atoms with E-state index in [1.165, 1.54) is 19.2 Å². The first kappa shape index (κ1) is 24.4. The molecule has 178 valence electrons. The van der Waals surface area contributed by atoms with Crippen molar-refractivity contribution >= 4 is 17.5 Å². The number of methoxy groups -OCH3 is 1. The van der Waals surface area contributed by atoms with E-state index in [4.69, 9.17) is 15.2 Å². The summed E-state index contributed by atoms with van der Waals surface area (Å²) < 4.78 is 80.1. The Morgan fingerprint density at radius 3 is 2.58 bits per heavy atom. The number of nitrogens with one attached hydrogen (secondary N) is 1. The Balaban J connectivity index is 2.05. The van der Waals surface area contributed by atoms with Crippen LogP contribution in [0.1, 0.15) is 41.7 Å². The van der Waals surface area contributed by atoms with Crippen LogP contribution in [-0.2, 0) is 9.53 Å². The molecule has 3 atom stereocenters. The van der Waals surface area contributed by atoms with Gasteiger partial charge in [-0.2, -0.15) is 17.6 Å². The third kappa shape index (κ3) is 4.47. The smallest absolute Gasteiger partial charge is 0.417 e. The Morgan fingerprint density at radius 2 is 2.00 bits per heavy atom. The summed E-state index contributed by atoms with van der Waals surface area (Å²) in [5.74, 6) is -6.47. The molecule has 7 nitrogen and oxygen atoms in total. The van der Waals surface area contributed by atoms with E-state index in [0.717, 1.165) is 25.3 Å². The van der Waals surface area contributed by atoms with E-state index in [1.54, 1.807) is 0 Å². The van der Waals surface area contributed by atoms with E-state index < -0.39 is 65.8 Å². The lowest BCUT2D eigenvalue weighted by Gasteiger charge is -2.30. The van der Waals surface area contributed by atoms with Gasteiger partial charge in [0.05, 0.1) is 7.11 Å². The maximum atomic E-state index is 14.3. The van der Waals surface area contributed by atoms with Gasteiger partial charge in [-0.3, -0.25) is 14.6 Å². The van der Waals surface area contributed by atoms with Gasteiger partial charge >= 0.3 is 6.18 Å². The van der Waals surface area contributed by atoms with Gasteiger partial charge < -0.3 is 20.5 Å². The van der Waals surface area contributed by atoms with E-state index >= 15 is 0 Å². The van der Waals surface area contributed by atoms with E-state index in [9.17, 15) is 31.5 Å². The molecule has 2 aromatic rings. The lowest BCUT2D eigenvalue weighted by molar-refractivity contribution is -0.270. The second kappa shape index (κ2) is 8.93. The van der Waals surface area contributed by atoms with Crippen LogP contribution in [0.3, 0.4) is 0 Å². The molecule has 0 radical (unpaired) electrons. The Labute approximate surface area is 185 Å². The number of nitrogens with two attached hydrogens (primary N) is 1. The molecule has 0 aliphatic carbocycles. The van der Waals surface area contributed by atoms with E-state index in [1.807, 2.05) is 0 Å². The average molecular weight is 473 g/mol. The third-order valence-electron chi connectivity index (χ3n) is 5.58. The number of hydrogen-bond donors (Lipinski definition) is 2. The number of benzene rings is 1. The molecule has 3 N–H and O–H groups in total. The first-order valence-electron chi connectivity index (χ1n) is 9.77. The van der Waals surface area contributed by atoms with Gasteiger partial charge in [0.2, 0.25) is 5.82 Å². The second-order valence-corrected chi connectivity index (χ2v) is 7.46. The van der Waals surface area contributed by atoms with E-state index in [0.29, 0.717) is 0 Å². The maximum Gasteiger partial charge on any atom is 0.417 e. The van der Waals surface area contributed by atoms with Gasteiger partial charge in [-0.1, -0.05) is 13.0 Å². The number of primary amides is 1. The summed E-state index contributed by atoms with van der Waals surface area (Å²) in [5.41, 5.74) is 2.15. The Kier molecular flexibility index (Phi) is 6.59. The fraction of sp³-hybridized carbons (Fsp3) is 0.381. The fourth-order valence-electron chi connectivity index (χ4n) is 3.86. The first-order valence-corrected chi connectivity index (χ1v) is 9.77. The van der Waals surface area contributed by atoms with Crippen molar-refractivity contribution in [1.29, 1.82) is 0 Å². The van der Waals surface area contributed by atoms with Gasteiger partial charge in [0, 0.05) is 23.4 Å². The number of anilines is 1. The molecule has 0 bridgehead atoms. The number of alkyl halides is 3. The molecule has 0 unspecified atom stereocenters. The monoisotopic (exact) mass is 473 g/mol. The molecule has 12 heteroatoms. The first-order chi connectivity index (χ1) is 15.4. The molecular formula is C21H20F5N3O4. The summed E-state index contributed by atoms with van der Waals surface area (Å²) in [6.07, 6.45) is -6.67. The molecule has 33 heavy (non-hydrogen) atoms. The van der Waals surface area contributed by atoms with Crippen molar-refractivity contribution in [3.63, 3.8) is 0 Å². The summed E-state index contributed by atoms with van der Waals surface area (Å²) in [4.78, 5) is 28.0. The predicted octanol–water partition coefficient (Wildman–Crippen LogP) is 3.69. The lowest BCUT2D eigenvalue weighted by Crippen LogP contribution is -2.45. The fourth-order valence-corrected chi connectivity index (χ4v) is 3.86. The molecule has 1 saturated heterocycles. The molecule has 0 saturated carbocycles. The molecule has 1 aromatic heterocycles. The summed E-state index contributed by atoms with van der Waals surface area (Å²) in [6, 6.07) is 4.23. The van der Waals surface area contributed by atoms with Gasteiger partial charge in [-0.05, 0) is 31.0 Å². The number of nitrogens with zero attached hydrogens (tertiary/aromatic N) is 1. The zero-order chi connectivity index (χ0) is 24.6. The highest BCUT2D eigenvalue weighted by atomic mass is 19.4. The average Bonchev–Trinajstić information content (AvgIpc) is 3.17. The molecule has 1 aromatic carbocycles. The van der Waals surface area contributed by atoms with E-state index in [-0.39, 0.29) is 16.9 Å². The van der Waals surface area contributed by atoms with Crippen LogP contribution in [0, 0.1) is 11.6 Å². The van der Waals surface area contributed by atoms with Crippen molar-refractivity contribution in [3.05, 3.63) is 53.4 Å². The number of halogens is 5. The number of carbonyl (C=O) groups is 2. The Bertz CT molecular complexity index is 1080. The minimum Gasteiger partial charge on any atom is -0.493 e. The van der Waals surface area contributed by atoms with Crippen molar-refractivity contribution in [3.8, 4) is 5.75 Å². The zero-order valence-corrected chi connectivity index (χ0v) is 17.5. The van der Waals surface area contributed by atoms with Crippen molar-refractivity contribution in [2.75, 3.05) is 12.4 Å². The topological polar surface area (TPSA) is 104 Å². The van der Waals surface area contributed by atoms with Gasteiger partial charge in [0.15, 0.2) is 17.2 Å². The Hall–Kier alpha value is -3.28. The number of pyridine rings is 1. The van der Waals surface area contributed by atoms with Gasteiger partial charge in [-0.15, -0.1) is 0 Å². The summed E-state index contributed by atoms with van der Waals surface area (Å²) >= 11 is 0. The standard InChI is InChI=1S/C21H20F5N3O4/c1-3-20(21(24,25)26)9-12(11-4-5-13(22)15(23)16(11)32-2)17(33-20)19(31)29-10-6-7-28-14(8-10)18(27)30/h4-8,12,17H,3,9H2,1-2H3,(H2,27,30)(H,28,29,31)/t12-,17+,20-/m1/s1. The van der Waals surface area contributed by atoms with Crippen LogP contribution in [0.5, 0.6) is 5.75 Å². The number of amides is 2. The van der Waals surface area contributed by atoms with Crippen LogP contribution < -0.4 is 15.8 Å². The number of aromatic nitrogens is 1. The third-order valence-corrected chi connectivity index (χ3v) is 5.58. The summed E-state index contributed by atoms with van der Waals surface area (Å²) in [7, 11) is 1.03. The molecule has 2 heterocycles. The van der Waals surface area contributed by atoms with Crippen molar-refractivity contribution in [2.24, 2.45) is 5.73 Å². The van der Waals surface area contributed by atoms with Crippen LogP contribution in [0.15, 0.2) is 30.5 Å². The van der Waals surface area contributed by atoms with Gasteiger partial charge in [0.25, 0.3) is 11.8 Å². The summed E-state index contributed by atoms with van der Waals surface area (Å²) in [6.45, 7) is 1.25. The van der Waals surface area contributed by atoms with Crippen LogP contribution >= 0.6 is 0 Å². The van der Waals surface area contributed by atoms with Gasteiger partial charge in [0.1, 0.15) is 11.8 Å². The molecular weight excluding hydrogens is 453 g/mol.